The molecule has 1 aliphatic carbocycles. The highest BCUT2D eigenvalue weighted by molar-refractivity contribution is 7.14. The van der Waals surface area contributed by atoms with Crippen molar-refractivity contribution in [2.24, 2.45) is 0 Å². The Kier molecular flexibility index (Phi) is 2.40. The molecule has 1 aromatic carbocycles. The van der Waals surface area contributed by atoms with Crippen LogP contribution in [0.2, 0.25) is 0 Å². The third-order valence-electron chi connectivity index (χ3n) is 2.72. The van der Waals surface area contributed by atoms with Crippen molar-refractivity contribution < 1.29 is 0 Å². The molecule has 1 fully saturated rings. The van der Waals surface area contributed by atoms with Gasteiger partial charge in [0.2, 0.25) is 0 Å². The van der Waals surface area contributed by atoms with E-state index in [4.69, 9.17) is 0 Å². The molecule has 1 saturated carbocycles. The van der Waals surface area contributed by atoms with E-state index in [2.05, 4.69) is 46.9 Å². The molecule has 0 bridgehead atoms. The summed E-state index contributed by atoms with van der Waals surface area (Å²) in [5.41, 5.74) is 3.57. The van der Waals surface area contributed by atoms with Gasteiger partial charge in [0, 0.05) is 17.0 Å². The molecule has 16 heavy (non-hydrogen) atoms. The molecule has 1 heterocycles. The number of hydrogen-bond donors (Lipinski definition) is 1. The molecule has 82 valence electrons. The minimum absolute atomic E-state index is 0.677. The maximum Gasteiger partial charge on any atom is 0.183 e. The van der Waals surface area contributed by atoms with Crippen LogP contribution in [0.3, 0.4) is 0 Å². The molecule has 0 unspecified atom stereocenters. The molecule has 0 spiro atoms. The molecule has 2 nitrogen and oxygen atoms in total. The largest absolute Gasteiger partial charge is 0.359 e. The summed E-state index contributed by atoms with van der Waals surface area (Å²) < 4.78 is 0. The van der Waals surface area contributed by atoms with Gasteiger partial charge < -0.3 is 5.32 Å². The number of thiazole rings is 1. The number of benzene rings is 1. The fourth-order valence-electron chi connectivity index (χ4n) is 1.68. The van der Waals surface area contributed by atoms with Crippen LogP contribution < -0.4 is 5.32 Å². The maximum absolute atomic E-state index is 4.61. The molecule has 0 saturated heterocycles. The van der Waals surface area contributed by atoms with Gasteiger partial charge in [0.05, 0.1) is 5.69 Å². The van der Waals surface area contributed by atoms with Crippen molar-refractivity contribution in [1.29, 1.82) is 0 Å². The van der Waals surface area contributed by atoms with Crippen LogP contribution in [0.25, 0.3) is 11.3 Å². The molecule has 0 amide bonds. The Balaban J connectivity index is 1.85. The van der Waals surface area contributed by atoms with E-state index >= 15 is 0 Å². The monoisotopic (exact) mass is 230 g/mol. The molecular formula is C13H14N2S. The predicted molar refractivity (Wildman–Crippen MR) is 68.9 cm³/mol. The first-order chi connectivity index (χ1) is 7.81. The van der Waals surface area contributed by atoms with Crippen LogP contribution in [-0.2, 0) is 0 Å². The van der Waals surface area contributed by atoms with E-state index in [1.807, 2.05) is 0 Å². The topological polar surface area (TPSA) is 24.9 Å². The van der Waals surface area contributed by atoms with Gasteiger partial charge >= 0.3 is 0 Å². The van der Waals surface area contributed by atoms with Crippen LogP contribution in [-0.4, -0.2) is 11.0 Å². The molecule has 0 radical (unpaired) electrons. The third-order valence-corrected chi connectivity index (χ3v) is 3.50. The normalized spacial score (nSPS) is 15.1. The summed E-state index contributed by atoms with van der Waals surface area (Å²) in [6, 6.07) is 9.16. The molecule has 1 N–H and O–H groups in total. The Labute approximate surface area is 99.4 Å². The third kappa shape index (κ3) is 2.09. The average molecular weight is 230 g/mol. The van der Waals surface area contributed by atoms with Gasteiger partial charge in [-0.3, -0.25) is 0 Å². The van der Waals surface area contributed by atoms with Crippen molar-refractivity contribution >= 4 is 16.5 Å². The number of nitrogens with zero attached hydrogens (tertiary/aromatic N) is 1. The van der Waals surface area contributed by atoms with Crippen molar-refractivity contribution in [2.75, 3.05) is 5.32 Å². The second kappa shape index (κ2) is 3.91. The standard InChI is InChI=1S/C13H14N2S/c1-9-3-2-4-10(7-9)12-8-16-13(15-12)14-11-5-6-11/h2-4,7-8,11H,5-6H2,1H3,(H,14,15). The van der Waals surface area contributed by atoms with Gasteiger partial charge in [-0.05, 0) is 25.8 Å². The molecule has 1 aliphatic rings. The highest BCUT2D eigenvalue weighted by atomic mass is 32.1. The van der Waals surface area contributed by atoms with Crippen LogP contribution in [0, 0.1) is 6.92 Å². The lowest BCUT2D eigenvalue weighted by Crippen LogP contribution is -1.99. The zero-order valence-corrected chi connectivity index (χ0v) is 10.1. The summed E-state index contributed by atoms with van der Waals surface area (Å²) >= 11 is 1.70. The first-order valence-electron chi connectivity index (χ1n) is 5.60. The summed E-state index contributed by atoms with van der Waals surface area (Å²) in [7, 11) is 0. The van der Waals surface area contributed by atoms with E-state index in [1.165, 1.54) is 24.0 Å². The second-order valence-corrected chi connectivity index (χ2v) is 5.18. The van der Waals surface area contributed by atoms with Crippen molar-refractivity contribution in [2.45, 2.75) is 25.8 Å². The van der Waals surface area contributed by atoms with Crippen LogP contribution in [0.15, 0.2) is 29.6 Å². The Morgan fingerprint density at radius 1 is 1.38 bits per heavy atom. The zero-order chi connectivity index (χ0) is 11.0. The highest BCUT2D eigenvalue weighted by Crippen LogP contribution is 2.29. The van der Waals surface area contributed by atoms with Gasteiger partial charge in [-0.15, -0.1) is 11.3 Å². The van der Waals surface area contributed by atoms with E-state index in [0.717, 1.165) is 10.8 Å². The number of nitrogens with one attached hydrogen (secondary N) is 1. The minimum Gasteiger partial charge on any atom is -0.359 e. The molecule has 1 aromatic heterocycles. The number of rotatable bonds is 3. The van der Waals surface area contributed by atoms with Crippen molar-refractivity contribution in [3.05, 3.63) is 35.2 Å². The summed E-state index contributed by atoms with van der Waals surface area (Å²) in [5, 5.41) is 6.61. The fourth-order valence-corrected chi connectivity index (χ4v) is 2.48. The van der Waals surface area contributed by atoms with E-state index in [9.17, 15) is 0 Å². The van der Waals surface area contributed by atoms with Crippen LogP contribution in [0.4, 0.5) is 5.13 Å². The van der Waals surface area contributed by atoms with Gasteiger partial charge in [0.15, 0.2) is 5.13 Å². The van der Waals surface area contributed by atoms with E-state index in [1.54, 1.807) is 11.3 Å². The second-order valence-electron chi connectivity index (χ2n) is 4.33. The Bertz CT molecular complexity index is 500. The predicted octanol–water partition coefficient (Wildman–Crippen LogP) is 3.69. The van der Waals surface area contributed by atoms with Gasteiger partial charge in [0.1, 0.15) is 0 Å². The smallest absolute Gasteiger partial charge is 0.183 e. The maximum atomic E-state index is 4.61. The SMILES string of the molecule is Cc1cccc(-c2csc(NC3CC3)n2)c1. The van der Waals surface area contributed by atoms with Crippen LogP contribution >= 0.6 is 11.3 Å². The molecule has 3 rings (SSSR count). The fraction of sp³-hybridized carbons (Fsp3) is 0.308. The van der Waals surface area contributed by atoms with E-state index < -0.39 is 0 Å². The van der Waals surface area contributed by atoms with Crippen molar-refractivity contribution in [3.8, 4) is 11.3 Å². The number of hydrogen-bond acceptors (Lipinski definition) is 3. The van der Waals surface area contributed by atoms with Crippen molar-refractivity contribution in [1.82, 2.24) is 4.98 Å². The van der Waals surface area contributed by atoms with E-state index in [-0.39, 0.29) is 0 Å². The molecule has 0 aliphatic heterocycles. The van der Waals surface area contributed by atoms with Crippen LogP contribution in [0.5, 0.6) is 0 Å². The summed E-state index contributed by atoms with van der Waals surface area (Å²) in [6.07, 6.45) is 2.58. The number of anilines is 1. The van der Waals surface area contributed by atoms with Gasteiger partial charge in [0.25, 0.3) is 0 Å². The lowest BCUT2D eigenvalue weighted by atomic mass is 10.1. The summed E-state index contributed by atoms with van der Waals surface area (Å²) in [6.45, 7) is 2.11. The first-order valence-corrected chi connectivity index (χ1v) is 6.48. The van der Waals surface area contributed by atoms with Gasteiger partial charge in [-0.25, -0.2) is 4.98 Å². The number of aryl methyl sites for hydroxylation is 1. The van der Waals surface area contributed by atoms with E-state index in [0.29, 0.717) is 6.04 Å². The van der Waals surface area contributed by atoms with Gasteiger partial charge in [-0.1, -0.05) is 23.8 Å². The molecular weight excluding hydrogens is 216 g/mol. The highest BCUT2D eigenvalue weighted by Gasteiger charge is 2.21. The van der Waals surface area contributed by atoms with Gasteiger partial charge in [-0.2, -0.15) is 0 Å². The average Bonchev–Trinajstić information content (AvgIpc) is 2.94. The quantitative estimate of drug-likeness (QED) is 0.869. The number of aromatic nitrogens is 1. The lowest BCUT2D eigenvalue weighted by molar-refractivity contribution is 1.14. The van der Waals surface area contributed by atoms with Crippen LogP contribution in [0.1, 0.15) is 18.4 Å². The molecule has 3 heteroatoms. The van der Waals surface area contributed by atoms with Crippen molar-refractivity contribution in [3.63, 3.8) is 0 Å². The Hall–Kier alpha value is -1.35. The minimum atomic E-state index is 0.677. The zero-order valence-electron chi connectivity index (χ0n) is 9.23. The molecule has 0 atom stereocenters. The Morgan fingerprint density at radius 2 is 2.25 bits per heavy atom. The first kappa shape index (κ1) is 9.85. The molecule has 2 aromatic rings. The lowest BCUT2D eigenvalue weighted by Gasteiger charge is -1.99. The summed E-state index contributed by atoms with van der Waals surface area (Å²) in [4.78, 5) is 4.61. The Morgan fingerprint density at radius 3 is 3.00 bits per heavy atom. The summed E-state index contributed by atoms with van der Waals surface area (Å²) in [5.74, 6) is 0.